The normalized spacial score (nSPS) is 10.9. The molecule has 0 amide bonds. The molecule has 0 bridgehead atoms. The Hall–Kier alpha value is -4.42. The monoisotopic (exact) mass is 473 g/mol. The molecule has 4 aromatic rings. The van der Waals surface area contributed by atoms with Crippen LogP contribution in [0.4, 0.5) is 5.69 Å². The summed E-state index contributed by atoms with van der Waals surface area (Å²) in [6.45, 7) is 0. The summed E-state index contributed by atoms with van der Waals surface area (Å²) in [5.41, 5.74) is 1.57. The van der Waals surface area contributed by atoms with Crippen LogP contribution in [0.15, 0.2) is 78.0 Å². The van der Waals surface area contributed by atoms with Crippen LogP contribution in [0.25, 0.3) is 10.9 Å². The zero-order chi connectivity index (χ0) is 24.3. The maximum Gasteiger partial charge on any atom is 0.354 e. The molecule has 0 aliphatic rings. The number of carbonyl (C=O) groups is 1. The number of fused-ring (bicyclic) bond motifs is 1. The molecule has 0 unspecified atom stereocenters. The van der Waals surface area contributed by atoms with Gasteiger partial charge < -0.3 is 9.84 Å². The maximum atomic E-state index is 13.6. The Morgan fingerprint density at radius 1 is 1.00 bits per heavy atom. The van der Waals surface area contributed by atoms with Crippen molar-refractivity contribution >= 4 is 32.6 Å². The van der Waals surface area contributed by atoms with E-state index in [4.69, 9.17) is 9.84 Å². The average Bonchev–Trinajstić information content (AvgIpc) is 2.86. The molecule has 8 nitrogen and oxygen atoms in total. The molecule has 0 radical (unpaired) electrons. The summed E-state index contributed by atoms with van der Waals surface area (Å²) < 4.78 is 33.7. The van der Waals surface area contributed by atoms with E-state index in [9.17, 15) is 13.2 Å². The Morgan fingerprint density at radius 2 is 1.79 bits per heavy atom. The first-order valence-electron chi connectivity index (χ1n) is 10.0. The van der Waals surface area contributed by atoms with Gasteiger partial charge in [0.2, 0.25) is 0 Å². The predicted octanol–water partition coefficient (Wildman–Crippen LogP) is 3.56. The summed E-state index contributed by atoms with van der Waals surface area (Å²) in [5, 5.41) is 9.56. The van der Waals surface area contributed by atoms with Crippen LogP contribution in [0.5, 0.6) is 5.75 Å². The molecule has 2 aromatic carbocycles. The fourth-order valence-corrected chi connectivity index (χ4v) is 4.73. The van der Waals surface area contributed by atoms with E-state index in [0.717, 1.165) is 0 Å². The average molecular weight is 474 g/mol. The van der Waals surface area contributed by atoms with Crippen molar-refractivity contribution in [2.45, 2.75) is 4.90 Å². The highest BCUT2D eigenvalue weighted by molar-refractivity contribution is 7.93. The number of aromatic carboxylic acids is 1. The van der Waals surface area contributed by atoms with Gasteiger partial charge in [-0.25, -0.2) is 18.2 Å². The molecule has 0 saturated carbocycles. The lowest BCUT2D eigenvalue weighted by molar-refractivity contribution is 0.0690. The minimum Gasteiger partial charge on any atom is -0.496 e. The third-order valence-electron chi connectivity index (χ3n) is 5.12. The minimum absolute atomic E-state index is 0.0441. The van der Waals surface area contributed by atoms with Crippen LogP contribution >= 0.6 is 0 Å². The molecule has 34 heavy (non-hydrogen) atoms. The second kappa shape index (κ2) is 9.21. The standard InChI is InChI=1S/C25H19N3O5S/c1-28(34(31,32)23-14-13-22(33-2)19-7-5-15-26-24(19)23)21-8-4-3-6-18(21)11-9-17-10-12-20(25(29)30)27-16-17/h3-8,10,12-16H,1-2H3,(H,29,30). The molecule has 0 atom stereocenters. The molecular formula is C25H19N3O5S. The van der Waals surface area contributed by atoms with Gasteiger partial charge >= 0.3 is 5.97 Å². The van der Waals surface area contributed by atoms with Crippen LogP contribution in [0, 0.1) is 11.8 Å². The lowest BCUT2D eigenvalue weighted by atomic mass is 10.1. The van der Waals surface area contributed by atoms with Gasteiger partial charge in [0.25, 0.3) is 10.0 Å². The number of nitrogens with zero attached hydrogens (tertiary/aromatic N) is 3. The van der Waals surface area contributed by atoms with Crippen molar-refractivity contribution in [3.8, 4) is 17.6 Å². The van der Waals surface area contributed by atoms with Crippen molar-refractivity contribution in [3.05, 3.63) is 89.9 Å². The van der Waals surface area contributed by atoms with Crippen LogP contribution in [0.3, 0.4) is 0 Å². The molecular weight excluding hydrogens is 454 g/mol. The second-order valence-corrected chi connectivity index (χ2v) is 9.08. The number of sulfonamides is 1. The summed E-state index contributed by atoms with van der Waals surface area (Å²) in [5.74, 6) is 5.26. The lowest BCUT2D eigenvalue weighted by Crippen LogP contribution is -2.27. The number of rotatable bonds is 5. The summed E-state index contributed by atoms with van der Waals surface area (Å²) in [6, 6.07) is 16.3. The van der Waals surface area contributed by atoms with Gasteiger partial charge in [0, 0.05) is 36.0 Å². The third kappa shape index (κ3) is 4.27. The van der Waals surface area contributed by atoms with Gasteiger partial charge in [-0.1, -0.05) is 24.0 Å². The van der Waals surface area contributed by atoms with Crippen molar-refractivity contribution < 1.29 is 23.1 Å². The SMILES string of the molecule is COc1ccc(S(=O)(=O)N(C)c2ccccc2C#Cc2ccc(C(=O)O)nc2)c2ncccc12. The Bertz CT molecular complexity index is 1560. The number of pyridine rings is 2. The van der Waals surface area contributed by atoms with E-state index in [0.29, 0.717) is 33.5 Å². The van der Waals surface area contributed by atoms with Gasteiger partial charge in [0.1, 0.15) is 16.3 Å². The fourth-order valence-electron chi connectivity index (χ4n) is 3.37. The van der Waals surface area contributed by atoms with Crippen LogP contribution in [0.2, 0.25) is 0 Å². The third-order valence-corrected chi connectivity index (χ3v) is 6.92. The number of carboxylic acids is 1. The van der Waals surface area contributed by atoms with Crippen molar-refractivity contribution in [2.75, 3.05) is 18.5 Å². The molecule has 2 aromatic heterocycles. The highest BCUT2D eigenvalue weighted by Gasteiger charge is 2.26. The van der Waals surface area contributed by atoms with Crippen molar-refractivity contribution in [2.24, 2.45) is 0 Å². The molecule has 0 fully saturated rings. The second-order valence-electron chi connectivity index (χ2n) is 7.14. The summed E-state index contributed by atoms with van der Waals surface area (Å²) in [4.78, 5) is 19.1. The van der Waals surface area contributed by atoms with E-state index in [1.807, 2.05) is 0 Å². The number of carboxylic acid groups (broad SMARTS) is 1. The first-order chi connectivity index (χ1) is 16.3. The molecule has 170 valence electrons. The summed E-state index contributed by atoms with van der Waals surface area (Å²) in [6.07, 6.45) is 2.89. The van der Waals surface area contributed by atoms with E-state index in [2.05, 4.69) is 21.8 Å². The lowest BCUT2D eigenvalue weighted by Gasteiger charge is -2.22. The quantitative estimate of drug-likeness (QED) is 0.441. The van der Waals surface area contributed by atoms with Gasteiger partial charge in [-0.3, -0.25) is 9.29 Å². The predicted molar refractivity (Wildman–Crippen MR) is 128 cm³/mol. The van der Waals surface area contributed by atoms with Crippen LogP contribution in [-0.4, -0.2) is 43.6 Å². The van der Waals surface area contributed by atoms with E-state index in [1.165, 1.54) is 43.0 Å². The van der Waals surface area contributed by atoms with Crippen LogP contribution < -0.4 is 9.04 Å². The first kappa shape index (κ1) is 22.8. The highest BCUT2D eigenvalue weighted by Crippen LogP contribution is 2.32. The molecule has 4 rings (SSSR count). The number of anilines is 1. The zero-order valence-electron chi connectivity index (χ0n) is 18.3. The van der Waals surface area contributed by atoms with E-state index in [-0.39, 0.29) is 10.6 Å². The van der Waals surface area contributed by atoms with E-state index >= 15 is 0 Å². The Balaban J connectivity index is 1.75. The van der Waals surface area contributed by atoms with Crippen LogP contribution in [-0.2, 0) is 10.0 Å². The Morgan fingerprint density at radius 3 is 2.50 bits per heavy atom. The molecule has 1 N–H and O–H groups in total. The molecule has 9 heteroatoms. The fraction of sp³-hybridized carbons (Fsp3) is 0.0800. The summed E-state index contributed by atoms with van der Waals surface area (Å²) >= 11 is 0. The van der Waals surface area contributed by atoms with Crippen LogP contribution in [0.1, 0.15) is 21.6 Å². The van der Waals surface area contributed by atoms with Gasteiger partial charge in [0.15, 0.2) is 0 Å². The molecule has 0 saturated heterocycles. The number of benzene rings is 2. The number of ether oxygens (including phenoxy) is 1. The minimum atomic E-state index is -3.99. The van der Waals surface area contributed by atoms with E-state index in [1.54, 1.807) is 48.5 Å². The Kier molecular flexibility index (Phi) is 6.17. The van der Waals surface area contributed by atoms with Gasteiger partial charge in [-0.2, -0.15) is 0 Å². The zero-order valence-corrected chi connectivity index (χ0v) is 19.1. The largest absolute Gasteiger partial charge is 0.496 e. The smallest absolute Gasteiger partial charge is 0.354 e. The van der Waals surface area contributed by atoms with Crippen molar-refractivity contribution in [3.63, 3.8) is 0 Å². The molecule has 0 aliphatic carbocycles. The highest BCUT2D eigenvalue weighted by atomic mass is 32.2. The number of hydrogen-bond donors (Lipinski definition) is 1. The number of para-hydroxylation sites is 1. The van der Waals surface area contributed by atoms with Gasteiger partial charge in [-0.05, 0) is 48.5 Å². The van der Waals surface area contributed by atoms with E-state index < -0.39 is 16.0 Å². The maximum absolute atomic E-state index is 13.6. The first-order valence-corrected chi connectivity index (χ1v) is 11.5. The Labute approximate surface area is 196 Å². The molecule has 0 aliphatic heterocycles. The number of aromatic nitrogens is 2. The van der Waals surface area contributed by atoms with Crippen molar-refractivity contribution in [1.82, 2.24) is 9.97 Å². The summed E-state index contributed by atoms with van der Waals surface area (Å²) in [7, 11) is -1.02. The van der Waals surface area contributed by atoms with Gasteiger partial charge in [-0.15, -0.1) is 0 Å². The number of methoxy groups -OCH3 is 1. The van der Waals surface area contributed by atoms with Gasteiger partial charge in [0.05, 0.1) is 18.3 Å². The van der Waals surface area contributed by atoms with Crippen molar-refractivity contribution in [1.29, 1.82) is 0 Å². The molecule has 0 spiro atoms. The number of hydrogen-bond acceptors (Lipinski definition) is 6. The molecule has 2 heterocycles. The topological polar surface area (TPSA) is 110 Å².